The van der Waals surface area contributed by atoms with E-state index in [0.717, 1.165) is 58.5 Å². The second-order valence-corrected chi connectivity index (χ2v) is 8.94. The number of rotatable bonds is 6. The Morgan fingerprint density at radius 2 is 1.94 bits per heavy atom. The molecule has 0 bridgehead atoms. The molecule has 1 aliphatic rings. The van der Waals surface area contributed by atoms with Gasteiger partial charge in [-0.25, -0.2) is 15.0 Å². The third kappa shape index (κ3) is 4.84. The molecule has 0 aromatic carbocycles. The molecule has 4 aromatic rings. The molecule has 0 atom stereocenters. The van der Waals surface area contributed by atoms with Gasteiger partial charge in [-0.3, -0.25) is 9.78 Å². The molecule has 168 valence electrons. The highest BCUT2D eigenvalue weighted by atomic mass is 32.1. The minimum atomic E-state index is 0.0598. The van der Waals surface area contributed by atoms with Crippen LogP contribution in [0.15, 0.2) is 55.0 Å². The summed E-state index contributed by atoms with van der Waals surface area (Å²) in [7, 11) is 1.55. The van der Waals surface area contributed by atoms with Gasteiger partial charge in [-0.2, -0.15) is 0 Å². The number of methoxy groups -OCH3 is 1. The third-order valence-corrected chi connectivity index (χ3v) is 6.72. The first kappa shape index (κ1) is 21.4. The monoisotopic (exact) mass is 460 g/mol. The Kier molecular flexibility index (Phi) is 6.23. The standard InChI is InChI=1S/C24H24N6O2S/c1-32-15-22(31)30-12-7-16(8-13-30)18-6-11-26-21(14-18)29-24-28-20-3-2-19(27-23(20)33-24)17-4-9-25-10-5-17/h2-6,9-11,14,16H,7-8,12-13,15H2,1H3,(H,26,28,29). The quantitative estimate of drug-likeness (QED) is 0.460. The molecule has 1 amide bonds. The van der Waals surface area contributed by atoms with E-state index in [1.165, 1.54) is 16.9 Å². The molecule has 4 aromatic heterocycles. The van der Waals surface area contributed by atoms with Gasteiger partial charge in [0.1, 0.15) is 22.8 Å². The number of aromatic nitrogens is 4. The minimum Gasteiger partial charge on any atom is -0.375 e. The lowest BCUT2D eigenvalue weighted by Gasteiger charge is -2.32. The second-order valence-electron chi connectivity index (χ2n) is 7.96. The Hall–Kier alpha value is -3.43. The fraction of sp³-hybridized carbons (Fsp3) is 0.292. The lowest BCUT2D eigenvalue weighted by Crippen LogP contribution is -2.39. The number of piperidine rings is 1. The normalized spacial score (nSPS) is 14.5. The SMILES string of the molecule is COCC(=O)N1CCC(c2ccnc(Nc3nc4ccc(-c5ccncc5)nc4s3)c2)CC1. The van der Waals surface area contributed by atoms with Crippen LogP contribution in [-0.2, 0) is 9.53 Å². The first-order valence-electron chi connectivity index (χ1n) is 10.9. The van der Waals surface area contributed by atoms with Crippen molar-refractivity contribution in [3.63, 3.8) is 0 Å². The highest BCUT2D eigenvalue weighted by Gasteiger charge is 2.24. The van der Waals surface area contributed by atoms with E-state index in [4.69, 9.17) is 9.72 Å². The van der Waals surface area contributed by atoms with Crippen molar-refractivity contribution in [1.29, 1.82) is 0 Å². The lowest BCUT2D eigenvalue weighted by atomic mass is 9.90. The van der Waals surface area contributed by atoms with Crippen LogP contribution in [0.1, 0.15) is 24.3 Å². The number of nitrogens with one attached hydrogen (secondary N) is 1. The Morgan fingerprint density at radius 3 is 2.73 bits per heavy atom. The number of thiazole rings is 1. The molecule has 1 N–H and O–H groups in total. The molecular weight excluding hydrogens is 436 g/mol. The molecule has 1 saturated heterocycles. The molecule has 8 nitrogen and oxygen atoms in total. The number of carbonyl (C=O) groups excluding carboxylic acids is 1. The van der Waals surface area contributed by atoms with Gasteiger partial charge >= 0.3 is 0 Å². The second kappa shape index (κ2) is 9.60. The van der Waals surface area contributed by atoms with E-state index in [9.17, 15) is 4.79 Å². The van der Waals surface area contributed by atoms with Gasteiger partial charge in [0, 0.05) is 44.4 Å². The number of pyridine rings is 3. The van der Waals surface area contributed by atoms with E-state index in [0.29, 0.717) is 5.92 Å². The van der Waals surface area contributed by atoms with Crippen LogP contribution in [0.3, 0.4) is 0 Å². The van der Waals surface area contributed by atoms with Crippen LogP contribution in [0.25, 0.3) is 21.6 Å². The number of nitrogens with zero attached hydrogens (tertiary/aromatic N) is 5. The van der Waals surface area contributed by atoms with Gasteiger partial charge in [0.15, 0.2) is 5.13 Å². The number of amides is 1. The maximum absolute atomic E-state index is 12.0. The molecule has 5 rings (SSSR count). The van der Waals surface area contributed by atoms with Gasteiger partial charge in [-0.1, -0.05) is 11.3 Å². The number of carbonyl (C=O) groups is 1. The van der Waals surface area contributed by atoms with E-state index in [1.807, 2.05) is 35.4 Å². The number of anilines is 2. The maximum atomic E-state index is 12.0. The summed E-state index contributed by atoms with van der Waals surface area (Å²) in [5.41, 5.74) is 4.00. The van der Waals surface area contributed by atoms with Crippen molar-refractivity contribution in [2.45, 2.75) is 18.8 Å². The van der Waals surface area contributed by atoms with Crippen molar-refractivity contribution < 1.29 is 9.53 Å². The van der Waals surface area contributed by atoms with E-state index in [1.54, 1.807) is 19.5 Å². The van der Waals surface area contributed by atoms with Crippen LogP contribution in [0.5, 0.6) is 0 Å². The predicted octanol–water partition coefficient (Wildman–Crippen LogP) is 4.24. The molecule has 33 heavy (non-hydrogen) atoms. The van der Waals surface area contributed by atoms with Gasteiger partial charge < -0.3 is 15.0 Å². The Labute approximate surface area is 195 Å². The zero-order valence-corrected chi connectivity index (χ0v) is 19.1. The van der Waals surface area contributed by atoms with Crippen LogP contribution in [0.4, 0.5) is 10.9 Å². The van der Waals surface area contributed by atoms with Crippen LogP contribution in [0, 0.1) is 0 Å². The average Bonchev–Trinajstić information content (AvgIpc) is 3.26. The summed E-state index contributed by atoms with van der Waals surface area (Å²) in [6.45, 7) is 1.65. The highest BCUT2D eigenvalue weighted by molar-refractivity contribution is 7.21. The predicted molar refractivity (Wildman–Crippen MR) is 129 cm³/mol. The van der Waals surface area contributed by atoms with Gasteiger partial charge in [-0.15, -0.1) is 0 Å². The van der Waals surface area contributed by atoms with Gasteiger partial charge in [0.2, 0.25) is 5.91 Å². The molecule has 0 saturated carbocycles. The summed E-state index contributed by atoms with van der Waals surface area (Å²) in [6.07, 6.45) is 7.22. The van der Waals surface area contributed by atoms with Gasteiger partial charge in [0.25, 0.3) is 0 Å². The first-order valence-corrected chi connectivity index (χ1v) is 11.7. The smallest absolute Gasteiger partial charge is 0.248 e. The summed E-state index contributed by atoms with van der Waals surface area (Å²) in [5.74, 6) is 1.23. The average molecular weight is 461 g/mol. The molecule has 1 fully saturated rings. The molecular formula is C24H24N6O2S. The summed E-state index contributed by atoms with van der Waals surface area (Å²) in [4.78, 5) is 32.8. The Balaban J connectivity index is 1.28. The minimum absolute atomic E-state index is 0.0598. The number of ether oxygens (including phenoxy) is 1. The fourth-order valence-corrected chi connectivity index (χ4v) is 4.95. The van der Waals surface area contributed by atoms with E-state index in [2.05, 4.69) is 32.4 Å². The van der Waals surface area contributed by atoms with Crippen LogP contribution < -0.4 is 5.32 Å². The maximum Gasteiger partial charge on any atom is 0.248 e. The molecule has 5 heterocycles. The topological polar surface area (TPSA) is 93.1 Å². The van der Waals surface area contributed by atoms with Crippen LogP contribution in [-0.4, -0.2) is 57.5 Å². The van der Waals surface area contributed by atoms with Crippen LogP contribution >= 0.6 is 11.3 Å². The van der Waals surface area contributed by atoms with Crippen molar-refractivity contribution in [1.82, 2.24) is 24.8 Å². The molecule has 9 heteroatoms. The van der Waals surface area contributed by atoms with Crippen molar-refractivity contribution in [2.24, 2.45) is 0 Å². The number of hydrogen-bond donors (Lipinski definition) is 1. The van der Waals surface area contributed by atoms with Gasteiger partial charge in [0.05, 0.1) is 5.69 Å². The van der Waals surface area contributed by atoms with E-state index < -0.39 is 0 Å². The number of likely N-dealkylation sites (tertiary alicyclic amines) is 1. The fourth-order valence-electron chi connectivity index (χ4n) is 4.11. The summed E-state index contributed by atoms with van der Waals surface area (Å²) in [5, 5.41) is 4.10. The highest BCUT2D eigenvalue weighted by Crippen LogP contribution is 2.32. The summed E-state index contributed by atoms with van der Waals surface area (Å²) in [6, 6.07) is 12.0. The molecule has 1 aliphatic heterocycles. The lowest BCUT2D eigenvalue weighted by molar-refractivity contribution is -0.136. The Morgan fingerprint density at radius 1 is 1.12 bits per heavy atom. The van der Waals surface area contributed by atoms with Crippen molar-refractivity contribution in [3.05, 3.63) is 60.6 Å². The van der Waals surface area contributed by atoms with E-state index >= 15 is 0 Å². The van der Waals surface area contributed by atoms with Crippen molar-refractivity contribution in [3.8, 4) is 11.3 Å². The summed E-state index contributed by atoms with van der Waals surface area (Å²) >= 11 is 1.51. The van der Waals surface area contributed by atoms with E-state index in [-0.39, 0.29) is 12.5 Å². The van der Waals surface area contributed by atoms with Crippen LogP contribution in [0.2, 0.25) is 0 Å². The first-order chi connectivity index (χ1) is 16.2. The van der Waals surface area contributed by atoms with Gasteiger partial charge in [-0.05, 0) is 60.7 Å². The largest absolute Gasteiger partial charge is 0.375 e. The molecule has 0 unspecified atom stereocenters. The molecule has 0 radical (unpaired) electrons. The molecule has 0 aliphatic carbocycles. The zero-order chi connectivity index (χ0) is 22.6. The number of hydrogen-bond acceptors (Lipinski definition) is 8. The summed E-state index contributed by atoms with van der Waals surface area (Å²) < 4.78 is 4.97. The number of fused-ring (bicyclic) bond motifs is 1. The van der Waals surface area contributed by atoms with Crippen molar-refractivity contribution >= 4 is 38.5 Å². The molecule has 0 spiro atoms. The zero-order valence-electron chi connectivity index (χ0n) is 18.3. The Bertz CT molecular complexity index is 1250. The third-order valence-electron chi connectivity index (χ3n) is 5.84. The van der Waals surface area contributed by atoms with Crippen molar-refractivity contribution in [2.75, 3.05) is 32.1 Å².